The number of nitrogens with zero attached hydrogens (tertiary/aromatic N) is 1. The standard InChI is InChI=1S/C19H18N2O4/c1-3-25-16-10-9-13(12-17(16)24-2)11-15-18(22)20-21(19(15)23)14-7-5-4-6-8-14/h4-12H,3H2,1-2H3,(H,20,22). The molecule has 0 radical (unpaired) electrons. The van der Waals surface area contributed by atoms with E-state index in [2.05, 4.69) is 5.43 Å². The summed E-state index contributed by atoms with van der Waals surface area (Å²) in [6.45, 7) is 2.40. The third-order valence-corrected chi connectivity index (χ3v) is 3.70. The zero-order valence-corrected chi connectivity index (χ0v) is 14.0. The van der Waals surface area contributed by atoms with Gasteiger partial charge in [-0.15, -0.1) is 0 Å². The van der Waals surface area contributed by atoms with Crippen molar-refractivity contribution in [2.24, 2.45) is 0 Å². The maximum absolute atomic E-state index is 12.6. The molecule has 0 unspecified atom stereocenters. The summed E-state index contributed by atoms with van der Waals surface area (Å²) in [5.74, 6) is 0.313. The summed E-state index contributed by atoms with van der Waals surface area (Å²) in [6, 6.07) is 14.2. The van der Waals surface area contributed by atoms with Crippen LogP contribution in [0.5, 0.6) is 11.5 Å². The Hall–Kier alpha value is -3.28. The summed E-state index contributed by atoms with van der Waals surface area (Å²) in [7, 11) is 1.54. The molecule has 2 aromatic carbocycles. The molecule has 25 heavy (non-hydrogen) atoms. The van der Waals surface area contributed by atoms with E-state index >= 15 is 0 Å². The molecular weight excluding hydrogens is 320 g/mol. The lowest BCUT2D eigenvalue weighted by atomic mass is 10.1. The minimum Gasteiger partial charge on any atom is -0.493 e. The summed E-state index contributed by atoms with van der Waals surface area (Å²) >= 11 is 0. The number of rotatable bonds is 5. The van der Waals surface area contributed by atoms with Crippen LogP contribution in [0.25, 0.3) is 6.08 Å². The molecule has 0 atom stereocenters. The Morgan fingerprint density at radius 2 is 1.84 bits per heavy atom. The molecule has 6 heteroatoms. The second-order valence-electron chi connectivity index (χ2n) is 5.32. The third kappa shape index (κ3) is 3.33. The Morgan fingerprint density at radius 1 is 1.08 bits per heavy atom. The summed E-state index contributed by atoms with van der Waals surface area (Å²) < 4.78 is 10.8. The third-order valence-electron chi connectivity index (χ3n) is 3.70. The zero-order chi connectivity index (χ0) is 17.8. The van der Waals surface area contributed by atoms with Gasteiger partial charge in [0.05, 0.1) is 19.4 Å². The van der Waals surface area contributed by atoms with Gasteiger partial charge in [-0.1, -0.05) is 24.3 Å². The van der Waals surface area contributed by atoms with Crippen LogP contribution in [0.4, 0.5) is 5.69 Å². The van der Waals surface area contributed by atoms with Gasteiger partial charge in [-0.2, -0.15) is 0 Å². The van der Waals surface area contributed by atoms with Gasteiger partial charge in [-0.25, -0.2) is 5.01 Å². The van der Waals surface area contributed by atoms with Crippen molar-refractivity contribution in [2.75, 3.05) is 18.7 Å². The molecule has 128 valence electrons. The number of carbonyl (C=O) groups is 2. The molecule has 0 aromatic heterocycles. The van der Waals surface area contributed by atoms with Gasteiger partial charge in [-0.05, 0) is 42.8 Å². The number of hydrazine groups is 1. The number of hydrogen-bond donors (Lipinski definition) is 1. The normalized spacial score (nSPS) is 15.4. The molecule has 0 saturated carbocycles. The van der Waals surface area contributed by atoms with Crippen LogP contribution in [0.2, 0.25) is 0 Å². The van der Waals surface area contributed by atoms with E-state index in [4.69, 9.17) is 9.47 Å². The average Bonchev–Trinajstić information content (AvgIpc) is 2.92. The fraction of sp³-hybridized carbons (Fsp3) is 0.158. The number of benzene rings is 2. The number of ether oxygens (including phenoxy) is 2. The summed E-state index contributed by atoms with van der Waals surface area (Å²) in [4.78, 5) is 24.8. The van der Waals surface area contributed by atoms with E-state index in [9.17, 15) is 9.59 Å². The van der Waals surface area contributed by atoms with E-state index in [0.717, 1.165) is 0 Å². The minimum absolute atomic E-state index is 0.0649. The number of para-hydroxylation sites is 1. The highest BCUT2D eigenvalue weighted by Crippen LogP contribution is 2.29. The fourth-order valence-corrected chi connectivity index (χ4v) is 2.53. The molecule has 6 nitrogen and oxygen atoms in total. The Balaban J connectivity index is 1.91. The number of carbonyl (C=O) groups excluding carboxylic acids is 2. The highest BCUT2D eigenvalue weighted by atomic mass is 16.5. The van der Waals surface area contributed by atoms with Crippen LogP contribution >= 0.6 is 0 Å². The van der Waals surface area contributed by atoms with Gasteiger partial charge in [0.15, 0.2) is 11.5 Å². The number of amides is 2. The molecule has 1 N–H and O–H groups in total. The lowest BCUT2D eigenvalue weighted by Crippen LogP contribution is -2.35. The maximum atomic E-state index is 12.6. The van der Waals surface area contributed by atoms with Crippen LogP contribution in [0.3, 0.4) is 0 Å². The highest BCUT2D eigenvalue weighted by Gasteiger charge is 2.34. The van der Waals surface area contributed by atoms with Crippen molar-refractivity contribution in [3.63, 3.8) is 0 Å². The van der Waals surface area contributed by atoms with Crippen molar-refractivity contribution in [3.8, 4) is 11.5 Å². The van der Waals surface area contributed by atoms with Gasteiger partial charge in [0.1, 0.15) is 5.57 Å². The van der Waals surface area contributed by atoms with Gasteiger partial charge in [0.2, 0.25) is 0 Å². The van der Waals surface area contributed by atoms with E-state index in [1.807, 2.05) is 13.0 Å². The number of anilines is 1. The SMILES string of the molecule is CCOc1ccc(C=C2C(=O)NN(c3ccccc3)C2=O)cc1OC. The molecule has 1 saturated heterocycles. The molecule has 1 fully saturated rings. The van der Waals surface area contributed by atoms with Crippen LogP contribution in [0.1, 0.15) is 12.5 Å². The first kappa shape index (κ1) is 16.6. The summed E-state index contributed by atoms with van der Waals surface area (Å²) in [5.41, 5.74) is 3.92. The van der Waals surface area contributed by atoms with Crippen LogP contribution in [0, 0.1) is 0 Å². The van der Waals surface area contributed by atoms with Crippen molar-refractivity contribution >= 4 is 23.6 Å². The quantitative estimate of drug-likeness (QED) is 0.672. The topological polar surface area (TPSA) is 67.9 Å². The Bertz CT molecular complexity index is 831. The largest absolute Gasteiger partial charge is 0.493 e. The molecule has 2 amide bonds. The molecule has 1 aliphatic heterocycles. The Kier molecular flexibility index (Phi) is 4.70. The average molecular weight is 338 g/mol. The van der Waals surface area contributed by atoms with Crippen molar-refractivity contribution in [3.05, 3.63) is 59.7 Å². The van der Waals surface area contributed by atoms with E-state index < -0.39 is 11.8 Å². The predicted octanol–water partition coefficient (Wildman–Crippen LogP) is 2.56. The van der Waals surface area contributed by atoms with E-state index in [1.54, 1.807) is 55.7 Å². The van der Waals surface area contributed by atoms with Crippen LogP contribution in [0.15, 0.2) is 54.1 Å². The molecule has 0 spiro atoms. The van der Waals surface area contributed by atoms with Gasteiger partial charge >= 0.3 is 0 Å². The number of nitrogens with one attached hydrogen (secondary N) is 1. The second kappa shape index (κ2) is 7.09. The van der Waals surface area contributed by atoms with E-state index in [0.29, 0.717) is 29.4 Å². The van der Waals surface area contributed by atoms with Gasteiger partial charge in [0.25, 0.3) is 11.8 Å². The van der Waals surface area contributed by atoms with Crippen molar-refractivity contribution < 1.29 is 19.1 Å². The summed E-state index contributed by atoms with van der Waals surface area (Å²) in [6.07, 6.45) is 1.54. The molecule has 1 aliphatic rings. The van der Waals surface area contributed by atoms with Gasteiger partial charge in [0, 0.05) is 0 Å². The van der Waals surface area contributed by atoms with Crippen LogP contribution in [-0.4, -0.2) is 25.5 Å². The van der Waals surface area contributed by atoms with Crippen molar-refractivity contribution in [1.29, 1.82) is 0 Å². The first-order valence-electron chi connectivity index (χ1n) is 7.87. The van der Waals surface area contributed by atoms with E-state index in [-0.39, 0.29) is 5.57 Å². The molecule has 2 aromatic rings. The van der Waals surface area contributed by atoms with Gasteiger partial charge in [-0.3, -0.25) is 15.0 Å². The monoisotopic (exact) mass is 338 g/mol. The molecular formula is C19H18N2O4. The number of hydrogen-bond acceptors (Lipinski definition) is 4. The lowest BCUT2D eigenvalue weighted by molar-refractivity contribution is -0.117. The lowest BCUT2D eigenvalue weighted by Gasteiger charge is -2.13. The number of methoxy groups -OCH3 is 1. The van der Waals surface area contributed by atoms with Gasteiger partial charge < -0.3 is 9.47 Å². The smallest absolute Gasteiger partial charge is 0.282 e. The minimum atomic E-state index is -0.443. The first-order valence-corrected chi connectivity index (χ1v) is 7.87. The zero-order valence-electron chi connectivity index (χ0n) is 14.0. The molecule has 0 bridgehead atoms. The fourth-order valence-electron chi connectivity index (χ4n) is 2.53. The van der Waals surface area contributed by atoms with Crippen molar-refractivity contribution in [2.45, 2.75) is 6.92 Å². The second-order valence-corrected chi connectivity index (χ2v) is 5.32. The van der Waals surface area contributed by atoms with Crippen LogP contribution < -0.4 is 19.9 Å². The van der Waals surface area contributed by atoms with Crippen molar-refractivity contribution in [1.82, 2.24) is 5.43 Å². The highest BCUT2D eigenvalue weighted by molar-refractivity contribution is 6.31. The molecule has 0 aliphatic carbocycles. The van der Waals surface area contributed by atoms with E-state index in [1.165, 1.54) is 5.01 Å². The molecule has 1 heterocycles. The predicted molar refractivity (Wildman–Crippen MR) is 94.2 cm³/mol. The molecule has 3 rings (SSSR count). The summed E-state index contributed by atoms with van der Waals surface area (Å²) in [5, 5.41) is 1.24. The Labute approximate surface area is 145 Å². The van der Waals surface area contributed by atoms with Crippen LogP contribution in [-0.2, 0) is 9.59 Å². The maximum Gasteiger partial charge on any atom is 0.282 e. The Morgan fingerprint density at radius 3 is 2.52 bits per heavy atom. The first-order chi connectivity index (χ1) is 12.1.